The van der Waals surface area contributed by atoms with Crippen molar-refractivity contribution in [2.24, 2.45) is 0 Å². The van der Waals surface area contributed by atoms with Crippen LogP contribution in [0.3, 0.4) is 0 Å². The van der Waals surface area contributed by atoms with E-state index in [1.165, 1.54) is 40.6 Å². The number of nitrogens with zero attached hydrogens (tertiary/aromatic N) is 2. The first kappa shape index (κ1) is 25.6. The first-order valence-electron chi connectivity index (χ1n) is 10.9. The van der Waals surface area contributed by atoms with Crippen LogP contribution in [0, 0.1) is 0 Å². The van der Waals surface area contributed by atoms with Crippen LogP contribution in [-0.4, -0.2) is 57.4 Å². The summed E-state index contributed by atoms with van der Waals surface area (Å²) in [6, 6.07) is 10.8. The van der Waals surface area contributed by atoms with E-state index in [-0.39, 0.29) is 28.8 Å². The van der Waals surface area contributed by atoms with Gasteiger partial charge in [0.15, 0.2) is 0 Å². The summed E-state index contributed by atoms with van der Waals surface area (Å²) in [5, 5.41) is 0. The van der Waals surface area contributed by atoms with Crippen LogP contribution >= 0.6 is 0 Å². The summed E-state index contributed by atoms with van der Waals surface area (Å²) in [5.74, 6) is -0.00274. The van der Waals surface area contributed by atoms with Crippen molar-refractivity contribution < 1.29 is 31.5 Å². The lowest BCUT2D eigenvalue weighted by atomic mass is 10.2. The van der Waals surface area contributed by atoms with Gasteiger partial charge in [0.1, 0.15) is 16.4 Å². The number of hydrogen-bond donors (Lipinski definition) is 0. The third kappa shape index (κ3) is 6.54. The average Bonchev–Trinajstić information content (AvgIpc) is 2.83. The standard InChI is InChI=1S/C24H28F2N2O5S/c1-27(17-19-6-10-20(11-7-19)33-24(25)26)23(29)13-9-18-8-12-21(32-2)22(16-18)34(30,31)28-14-4-3-5-15-28/h6-13,16,24H,3-5,14-15,17H2,1-2H3. The molecule has 0 bridgehead atoms. The molecule has 0 unspecified atom stereocenters. The van der Waals surface area contributed by atoms with Crippen LogP contribution in [0.5, 0.6) is 11.5 Å². The van der Waals surface area contributed by atoms with E-state index in [0.29, 0.717) is 18.7 Å². The summed E-state index contributed by atoms with van der Waals surface area (Å²) in [6.45, 7) is -1.68. The third-order valence-electron chi connectivity index (χ3n) is 5.48. The maximum atomic E-state index is 13.1. The number of sulfonamides is 1. The molecule has 0 aliphatic carbocycles. The highest BCUT2D eigenvalue weighted by Gasteiger charge is 2.29. The monoisotopic (exact) mass is 494 g/mol. The van der Waals surface area contributed by atoms with E-state index in [0.717, 1.165) is 24.8 Å². The second kappa shape index (κ2) is 11.4. The molecule has 7 nitrogen and oxygen atoms in total. The molecule has 1 heterocycles. The minimum absolute atomic E-state index is 0.0439. The van der Waals surface area contributed by atoms with Gasteiger partial charge in [0, 0.05) is 32.8 Å². The van der Waals surface area contributed by atoms with Crippen LogP contribution in [-0.2, 0) is 21.4 Å². The zero-order valence-corrected chi connectivity index (χ0v) is 19.9. The highest BCUT2D eigenvalue weighted by atomic mass is 32.2. The minimum atomic E-state index is -3.71. The van der Waals surface area contributed by atoms with E-state index in [1.54, 1.807) is 37.4 Å². The molecule has 1 aliphatic rings. The van der Waals surface area contributed by atoms with Crippen LogP contribution in [0.15, 0.2) is 53.4 Å². The maximum Gasteiger partial charge on any atom is 0.387 e. The van der Waals surface area contributed by atoms with Gasteiger partial charge in [-0.1, -0.05) is 24.6 Å². The van der Waals surface area contributed by atoms with Crippen LogP contribution in [0.2, 0.25) is 0 Å². The molecule has 2 aromatic carbocycles. The summed E-state index contributed by atoms with van der Waals surface area (Å²) in [6.07, 6.45) is 5.56. The first-order chi connectivity index (χ1) is 16.2. The highest BCUT2D eigenvalue weighted by Crippen LogP contribution is 2.30. The molecule has 184 valence electrons. The highest BCUT2D eigenvalue weighted by molar-refractivity contribution is 7.89. The van der Waals surface area contributed by atoms with E-state index < -0.39 is 16.6 Å². The summed E-state index contributed by atoms with van der Waals surface area (Å²) >= 11 is 0. The summed E-state index contributed by atoms with van der Waals surface area (Å²) in [5.41, 5.74) is 1.29. The van der Waals surface area contributed by atoms with Gasteiger partial charge in [-0.3, -0.25) is 4.79 Å². The fraction of sp³-hybridized carbons (Fsp3) is 0.375. The third-order valence-corrected chi connectivity index (χ3v) is 7.40. The Morgan fingerprint density at radius 3 is 2.41 bits per heavy atom. The lowest BCUT2D eigenvalue weighted by Crippen LogP contribution is -2.35. The Labute approximate surface area is 198 Å². The van der Waals surface area contributed by atoms with Gasteiger partial charge in [0.25, 0.3) is 0 Å². The van der Waals surface area contributed by atoms with E-state index in [1.807, 2.05) is 0 Å². The zero-order chi connectivity index (χ0) is 24.7. The van der Waals surface area contributed by atoms with Gasteiger partial charge in [-0.15, -0.1) is 0 Å². The summed E-state index contributed by atoms with van der Waals surface area (Å²) in [4.78, 5) is 14.1. The fourth-order valence-corrected chi connectivity index (χ4v) is 5.37. The molecule has 1 amide bonds. The Balaban J connectivity index is 1.70. The molecule has 1 aliphatic heterocycles. The lowest BCUT2D eigenvalue weighted by Gasteiger charge is -2.26. The molecule has 0 spiro atoms. The predicted molar refractivity (Wildman–Crippen MR) is 124 cm³/mol. The largest absolute Gasteiger partial charge is 0.495 e. The molecule has 2 aromatic rings. The van der Waals surface area contributed by atoms with E-state index in [4.69, 9.17) is 4.74 Å². The van der Waals surface area contributed by atoms with Crippen LogP contribution in [0.25, 0.3) is 6.08 Å². The van der Waals surface area contributed by atoms with E-state index in [2.05, 4.69) is 4.74 Å². The number of ether oxygens (including phenoxy) is 2. The molecule has 0 radical (unpaired) electrons. The lowest BCUT2D eigenvalue weighted by molar-refractivity contribution is -0.125. The number of halogens is 2. The molecule has 3 rings (SSSR count). The van der Waals surface area contributed by atoms with Gasteiger partial charge in [-0.2, -0.15) is 13.1 Å². The van der Waals surface area contributed by atoms with E-state index >= 15 is 0 Å². The van der Waals surface area contributed by atoms with Crippen molar-refractivity contribution in [3.63, 3.8) is 0 Å². The zero-order valence-electron chi connectivity index (χ0n) is 19.1. The normalized spacial score (nSPS) is 15.0. The molecular formula is C24H28F2N2O5S. The smallest absolute Gasteiger partial charge is 0.387 e. The minimum Gasteiger partial charge on any atom is -0.495 e. The van der Waals surface area contributed by atoms with Gasteiger partial charge < -0.3 is 14.4 Å². The molecule has 1 saturated heterocycles. The Bertz CT molecular complexity index is 1110. The van der Waals surface area contributed by atoms with Gasteiger partial charge in [0.2, 0.25) is 15.9 Å². The quantitative estimate of drug-likeness (QED) is 0.490. The molecular weight excluding hydrogens is 466 g/mol. The van der Waals surface area contributed by atoms with Crippen molar-refractivity contribution >= 4 is 22.0 Å². The molecule has 0 atom stereocenters. The number of carbonyl (C=O) groups excluding carboxylic acids is 1. The number of alkyl halides is 2. The van der Waals surface area contributed by atoms with Crippen molar-refractivity contribution in [1.29, 1.82) is 0 Å². The molecule has 0 saturated carbocycles. The van der Waals surface area contributed by atoms with Crippen molar-refractivity contribution in [3.05, 3.63) is 59.7 Å². The number of piperidine rings is 1. The predicted octanol–water partition coefficient (Wildman–Crippen LogP) is 4.14. The fourth-order valence-electron chi connectivity index (χ4n) is 3.67. The topological polar surface area (TPSA) is 76.1 Å². The Morgan fingerprint density at radius 2 is 1.79 bits per heavy atom. The molecule has 34 heavy (non-hydrogen) atoms. The Hall–Kier alpha value is -2.98. The number of amides is 1. The molecule has 0 N–H and O–H groups in total. The van der Waals surface area contributed by atoms with Crippen LogP contribution in [0.1, 0.15) is 30.4 Å². The number of benzene rings is 2. The molecule has 0 aromatic heterocycles. The second-order valence-electron chi connectivity index (χ2n) is 7.93. The maximum absolute atomic E-state index is 13.1. The van der Waals surface area contributed by atoms with Crippen molar-refractivity contribution in [2.75, 3.05) is 27.2 Å². The summed E-state index contributed by atoms with van der Waals surface area (Å²) in [7, 11) is -0.683. The molecule has 10 heteroatoms. The van der Waals surface area contributed by atoms with Crippen molar-refractivity contribution in [3.8, 4) is 11.5 Å². The SMILES string of the molecule is COc1ccc(C=CC(=O)N(C)Cc2ccc(OC(F)F)cc2)cc1S(=O)(=O)N1CCCCC1. The number of likely N-dealkylation sites (N-methyl/N-ethyl adjacent to an activating group) is 1. The van der Waals surface area contributed by atoms with Gasteiger partial charge in [-0.25, -0.2) is 8.42 Å². The first-order valence-corrected chi connectivity index (χ1v) is 12.3. The van der Waals surface area contributed by atoms with Gasteiger partial charge in [-0.05, 0) is 54.3 Å². The number of carbonyl (C=O) groups is 1. The number of rotatable bonds is 9. The van der Waals surface area contributed by atoms with Crippen LogP contribution in [0.4, 0.5) is 8.78 Å². The average molecular weight is 495 g/mol. The molecule has 1 fully saturated rings. The number of hydrogen-bond acceptors (Lipinski definition) is 5. The Kier molecular flexibility index (Phi) is 8.62. The number of methoxy groups -OCH3 is 1. The summed E-state index contributed by atoms with van der Waals surface area (Å²) < 4.78 is 61.9. The second-order valence-corrected chi connectivity index (χ2v) is 9.83. The van der Waals surface area contributed by atoms with Crippen molar-refractivity contribution in [2.45, 2.75) is 37.3 Å². The Morgan fingerprint density at radius 1 is 1.12 bits per heavy atom. The van der Waals surface area contributed by atoms with Crippen LogP contribution < -0.4 is 9.47 Å². The van der Waals surface area contributed by atoms with Gasteiger partial charge in [0.05, 0.1) is 7.11 Å². The van der Waals surface area contributed by atoms with E-state index in [9.17, 15) is 22.0 Å². The van der Waals surface area contributed by atoms with Crippen molar-refractivity contribution in [1.82, 2.24) is 9.21 Å². The van der Waals surface area contributed by atoms with Gasteiger partial charge >= 0.3 is 6.61 Å².